The van der Waals surface area contributed by atoms with Gasteiger partial charge in [-0.15, -0.1) is 0 Å². The summed E-state index contributed by atoms with van der Waals surface area (Å²) in [5.74, 6) is 0. The van der Waals surface area contributed by atoms with Crippen molar-refractivity contribution in [2.45, 2.75) is 0 Å². The van der Waals surface area contributed by atoms with Crippen LogP contribution >= 0.6 is 0 Å². The van der Waals surface area contributed by atoms with Crippen molar-refractivity contribution < 1.29 is 45.0 Å². The summed E-state index contributed by atoms with van der Waals surface area (Å²) in [4.78, 5) is 0. The van der Waals surface area contributed by atoms with Crippen molar-refractivity contribution in [3.05, 3.63) is 0 Å². The van der Waals surface area contributed by atoms with Crippen LogP contribution in [0, 0.1) is 0 Å². The molecule has 0 spiro atoms. The van der Waals surface area contributed by atoms with E-state index in [1.165, 1.54) is 0 Å². The molecule has 0 saturated heterocycles. The Labute approximate surface area is 62.8 Å². The van der Waals surface area contributed by atoms with E-state index in [0.29, 0.717) is 0 Å². The third-order valence-corrected chi connectivity index (χ3v) is 0. The zero-order valence-corrected chi connectivity index (χ0v) is 6.17. The fraction of sp³-hybridized carbons (Fsp3) is 1.00. The molecule has 0 aliphatic carbocycles. The van der Waals surface area contributed by atoms with Crippen molar-refractivity contribution in [2.24, 2.45) is 0 Å². The van der Waals surface area contributed by atoms with Gasteiger partial charge in [0.2, 0.25) is 0 Å². The SMILES string of the molecule is CO.O=S(=O)(O)O.[Ag]. The van der Waals surface area contributed by atoms with Gasteiger partial charge < -0.3 is 5.11 Å². The van der Waals surface area contributed by atoms with Gasteiger partial charge in [-0.2, -0.15) is 8.42 Å². The summed E-state index contributed by atoms with van der Waals surface area (Å²) in [6, 6.07) is 0. The first kappa shape index (κ1) is 15.8. The van der Waals surface area contributed by atoms with E-state index in [-0.39, 0.29) is 22.4 Å². The minimum Gasteiger partial charge on any atom is -0.400 e. The molecule has 0 aliphatic heterocycles. The van der Waals surface area contributed by atoms with Crippen molar-refractivity contribution in [2.75, 3.05) is 7.11 Å². The number of aliphatic hydroxyl groups is 1. The maximum Gasteiger partial charge on any atom is 0.394 e. The second kappa shape index (κ2) is 7.57. The van der Waals surface area contributed by atoms with E-state index in [2.05, 4.69) is 0 Å². The summed E-state index contributed by atoms with van der Waals surface area (Å²) >= 11 is 0. The minimum atomic E-state index is -4.67. The van der Waals surface area contributed by atoms with Crippen molar-refractivity contribution in [3.8, 4) is 0 Å². The molecule has 0 unspecified atom stereocenters. The molecule has 0 amide bonds. The molecule has 0 aromatic heterocycles. The Morgan fingerprint density at radius 2 is 1.12 bits per heavy atom. The molecule has 0 aromatic rings. The summed E-state index contributed by atoms with van der Waals surface area (Å²) < 4.78 is 31.6. The Balaban J connectivity index is -0.0000000750. The Morgan fingerprint density at radius 1 is 1.12 bits per heavy atom. The first-order chi connectivity index (χ1) is 3.00. The van der Waals surface area contributed by atoms with Crippen molar-refractivity contribution >= 4 is 10.4 Å². The zero-order valence-electron chi connectivity index (χ0n) is 3.87. The smallest absolute Gasteiger partial charge is 0.394 e. The molecule has 0 fully saturated rings. The van der Waals surface area contributed by atoms with Crippen LogP contribution in [0.25, 0.3) is 0 Å². The topological polar surface area (TPSA) is 94.8 Å². The second-order valence-electron chi connectivity index (χ2n) is 0.448. The largest absolute Gasteiger partial charge is 0.400 e. The Bertz CT molecular complexity index is 95.6. The first-order valence-corrected chi connectivity index (χ1v) is 2.54. The second-order valence-corrected chi connectivity index (χ2v) is 1.34. The van der Waals surface area contributed by atoms with Crippen LogP contribution in [-0.2, 0) is 32.8 Å². The predicted molar refractivity (Wildman–Crippen MR) is 22.3 cm³/mol. The Hall–Kier alpha value is 0.570. The van der Waals surface area contributed by atoms with Crippen molar-refractivity contribution in [3.63, 3.8) is 0 Å². The average molecular weight is 238 g/mol. The quantitative estimate of drug-likeness (QED) is 0.370. The molecule has 0 bridgehead atoms. The molecule has 3 N–H and O–H groups in total. The van der Waals surface area contributed by atoms with Crippen LogP contribution < -0.4 is 0 Å². The van der Waals surface area contributed by atoms with E-state index >= 15 is 0 Å². The summed E-state index contributed by atoms with van der Waals surface area (Å²) in [7, 11) is -3.67. The third-order valence-electron chi connectivity index (χ3n) is 0. The summed E-state index contributed by atoms with van der Waals surface area (Å²) in [6.07, 6.45) is 0. The van der Waals surface area contributed by atoms with E-state index in [1.54, 1.807) is 0 Å². The molecule has 8 heavy (non-hydrogen) atoms. The molecule has 5 nitrogen and oxygen atoms in total. The van der Waals surface area contributed by atoms with Gasteiger partial charge in [0.25, 0.3) is 0 Å². The normalized spacial score (nSPS) is 8.00. The molecule has 57 valence electrons. The third kappa shape index (κ3) is 627. The van der Waals surface area contributed by atoms with Gasteiger partial charge in [-0.3, -0.25) is 9.11 Å². The number of hydrogen-bond acceptors (Lipinski definition) is 3. The van der Waals surface area contributed by atoms with Crippen LogP contribution in [0.1, 0.15) is 0 Å². The molecule has 0 heterocycles. The molecule has 7 heteroatoms. The van der Waals surface area contributed by atoms with Crippen molar-refractivity contribution in [1.29, 1.82) is 0 Å². The molecule has 0 aliphatic rings. The number of aliphatic hydroxyl groups excluding tert-OH is 1. The van der Waals surface area contributed by atoms with E-state index in [1.807, 2.05) is 0 Å². The van der Waals surface area contributed by atoms with E-state index in [4.69, 9.17) is 22.6 Å². The van der Waals surface area contributed by atoms with E-state index in [0.717, 1.165) is 7.11 Å². The van der Waals surface area contributed by atoms with Gasteiger partial charge in [0.1, 0.15) is 0 Å². The summed E-state index contributed by atoms with van der Waals surface area (Å²) in [5, 5.41) is 7.00. The van der Waals surface area contributed by atoms with Crippen LogP contribution in [0.5, 0.6) is 0 Å². The summed E-state index contributed by atoms with van der Waals surface area (Å²) in [6.45, 7) is 0. The van der Waals surface area contributed by atoms with Gasteiger partial charge in [0.15, 0.2) is 0 Å². The van der Waals surface area contributed by atoms with Crippen molar-refractivity contribution in [1.82, 2.24) is 0 Å². The fourth-order valence-electron chi connectivity index (χ4n) is 0. The molecule has 1 radical (unpaired) electrons. The van der Waals surface area contributed by atoms with Gasteiger partial charge >= 0.3 is 10.4 Å². The van der Waals surface area contributed by atoms with Crippen LogP contribution in [0.3, 0.4) is 0 Å². The molecule has 0 saturated carbocycles. The van der Waals surface area contributed by atoms with Gasteiger partial charge in [0, 0.05) is 29.5 Å². The van der Waals surface area contributed by atoms with Crippen LogP contribution in [-0.4, -0.2) is 29.7 Å². The molecule has 0 atom stereocenters. The Morgan fingerprint density at radius 3 is 1.12 bits per heavy atom. The molecular weight excluding hydrogens is 232 g/mol. The predicted octanol–water partition coefficient (Wildman–Crippen LogP) is -1.05. The van der Waals surface area contributed by atoms with E-state index in [9.17, 15) is 0 Å². The van der Waals surface area contributed by atoms with Gasteiger partial charge in [0.05, 0.1) is 0 Å². The number of hydrogen-bond donors (Lipinski definition) is 3. The Kier molecular flexibility index (Phi) is 15.0. The van der Waals surface area contributed by atoms with Gasteiger partial charge in [-0.25, -0.2) is 0 Å². The van der Waals surface area contributed by atoms with E-state index < -0.39 is 10.4 Å². The standard InChI is InChI=1S/CH4O.Ag.H2O4S/c1-2;;1-5(2,3)4/h2H,1H3;;(H2,1,2,3,4). The first-order valence-electron chi connectivity index (χ1n) is 1.15. The minimum absolute atomic E-state index is 0. The van der Waals surface area contributed by atoms with Crippen LogP contribution in [0.15, 0.2) is 0 Å². The number of rotatable bonds is 0. The molecule has 0 rings (SSSR count). The van der Waals surface area contributed by atoms with Crippen LogP contribution in [0.2, 0.25) is 0 Å². The zero-order chi connectivity index (χ0) is 6.50. The maximum absolute atomic E-state index is 8.74. The fourth-order valence-corrected chi connectivity index (χ4v) is 0. The molecular formula is CH6AgO5S. The monoisotopic (exact) mass is 237 g/mol. The maximum atomic E-state index is 8.74. The van der Waals surface area contributed by atoms with Gasteiger partial charge in [-0.1, -0.05) is 0 Å². The van der Waals surface area contributed by atoms with Gasteiger partial charge in [-0.05, 0) is 0 Å². The van der Waals surface area contributed by atoms with Crippen LogP contribution in [0.4, 0.5) is 0 Å². The summed E-state index contributed by atoms with van der Waals surface area (Å²) in [5.41, 5.74) is 0. The molecule has 0 aromatic carbocycles. The average Bonchev–Trinajstić information content (AvgIpc) is 1.36.